The topological polar surface area (TPSA) is 83.0 Å². The molecule has 2 aromatic rings. The zero-order chi connectivity index (χ0) is 15.3. The fraction of sp³-hybridized carbons (Fsp3) is 0.400. The first-order chi connectivity index (χ1) is 10.6. The molecular formula is C15H17N5O2. The Bertz CT molecular complexity index is 820. The quantitative estimate of drug-likeness (QED) is 0.784. The number of fused-ring (bicyclic) bond motifs is 2. The zero-order valence-electron chi connectivity index (χ0n) is 12.3. The van der Waals surface area contributed by atoms with Crippen LogP contribution in [-0.2, 0) is 26.2 Å². The second-order valence-electron chi connectivity index (χ2n) is 5.78. The van der Waals surface area contributed by atoms with Crippen LogP contribution in [-0.4, -0.2) is 31.9 Å². The molecule has 0 aliphatic carbocycles. The normalized spacial score (nSPS) is 16.5. The fourth-order valence-electron chi connectivity index (χ4n) is 3.22. The van der Waals surface area contributed by atoms with E-state index in [4.69, 9.17) is 0 Å². The Morgan fingerprint density at radius 2 is 2.23 bits per heavy atom. The first-order valence-electron chi connectivity index (χ1n) is 7.40. The predicted octanol–water partition coefficient (Wildman–Crippen LogP) is 0.139. The minimum absolute atomic E-state index is 0.0347. The van der Waals surface area contributed by atoms with Crippen LogP contribution in [0.15, 0.2) is 17.1 Å². The lowest BCUT2D eigenvalue weighted by Crippen LogP contribution is -2.31. The van der Waals surface area contributed by atoms with Crippen molar-refractivity contribution in [2.75, 3.05) is 6.54 Å². The molecule has 4 rings (SSSR count). The second kappa shape index (κ2) is 4.81. The molecule has 0 saturated heterocycles. The maximum Gasteiger partial charge on any atom is 0.256 e. The third-order valence-electron chi connectivity index (χ3n) is 4.33. The van der Waals surface area contributed by atoms with E-state index >= 15 is 0 Å². The average molecular weight is 299 g/mol. The highest BCUT2D eigenvalue weighted by Crippen LogP contribution is 2.23. The molecule has 0 spiro atoms. The SMILES string of the molecule is Cc1nc2c(c(=O)[nH]1)CN(C(=O)c1ccn3c1CNCC3)C2. The standard InChI is InChI=1S/C15H17N5O2/c1-9-17-12-8-20(7-11(12)14(21)18-9)15(22)10-2-4-19-5-3-16-6-13(10)19/h2,4,16H,3,5-8H2,1H3,(H,17,18,21). The van der Waals surface area contributed by atoms with Gasteiger partial charge in [0.1, 0.15) is 5.82 Å². The van der Waals surface area contributed by atoms with Crippen molar-refractivity contribution in [3.8, 4) is 0 Å². The van der Waals surface area contributed by atoms with E-state index < -0.39 is 0 Å². The van der Waals surface area contributed by atoms with Crippen LogP contribution >= 0.6 is 0 Å². The van der Waals surface area contributed by atoms with Crippen LogP contribution in [0.3, 0.4) is 0 Å². The first kappa shape index (κ1) is 13.3. The molecule has 2 aliphatic rings. The molecule has 7 nitrogen and oxygen atoms in total. The summed E-state index contributed by atoms with van der Waals surface area (Å²) in [6.45, 7) is 4.98. The molecular weight excluding hydrogens is 282 g/mol. The van der Waals surface area contributed by atoms with Crippen LogP contribution < -0.4 is 10.9 Å². The number of nitrogens with zero attached hydrogens (tertiary/aromatic N) is 3. The number of aromatic nitrogens is 3. The van der Waals surface area contributed by atoms with Crippen molar-refractivity contribution >= 4 is 5.91 Å². The summed E-state index contributed by atoms with van der Waals surface area (Å²) < 4.78 is 2.11. The van der Waals surface area contributed by atoms with E-state index in [-0.39, 0.29) is 11.5 Å². The highest BCUT2D eigenvalue weighted by molar-refractivity contribution is 5.95. The molecule has 2 N–H and O–H groups in total. The van der Waals surface area contributed by atoms with E-state index in [9.17, 15) is 9.59 Å². The van der Waals surface area contributed by atoms with Crippen LogP contribution in [0, 0.1) is 6.92 Å². The molecule has 4 heterocycles. The van der Waals surface area contributed by atoms with Crippen molar-refractivity contribution in [1.82, 2.24) is 24.8 Å². The molecule has 1 amide bonds. The van der Waals surface area contributed by atoms with Gasteiger partial charge in [0.05, 0.1) is 29.9 Å². The van der Waals surface area contributed by atoms with Gasteiger partial charge in [-0.25, -0.2) is 4.98 Å². The average Bonchev–Trinajstić information content (AvgIpc) is 3.10. The lowest BCUT2D eigenvalue weighted by molar-refractivity contribution is 0.0748. The number of rotatable bonds is 1. The van der Waals surface area contributed by atoms with Gasteiger partial charge in [-0.2, -0.15) is 0 Å². The van der Waals surface area contributed by atoms with E-state index in [1.807, 2.05) is 12.3 Å². The molecule has 2 aromatic heterocycles. The smallest absolute Gasteiger partial charge is 0.256 e. The number of hydrogen-bond acceptors (Lipinski definition) is 4. The van der Waals surface area contributed by atoms with E-state index in [1.54, 1.807) is 11.8 Å². The molecule has 0 bridgehead atoms. The number of nitrogens with one attached hydrogen (secondary N) is 2. The van der Waals surface area contributed by atoms with Gasteiger partial charge in [-0.3, -0.25) is 9.59 Å². The lowest BCUT2D eigenvalue weighted by Gasteiger charge is -2.20. The van der Waals surface area contributed by atoms with Crippen LogP contribution in [0.4, 0.5) is 0 Å². The van der Waals surface area contributed by atoms with Crippen LogP contribution in [0.25, 0.3) is 0 Å². The van der Waals surface area contributed by atoms with Gasteiger partial charge in [-0.05, 0) is 13.0 Å². The van der Waals surface area contributed by atoms with Gasteiger partial charge < -0.3 is 19.8 Å². The molecule has 0 radical (unpaired) electrons. The highest BCUT2D eigenvalue weighted by atomic mass is 16.2. The largest absolute Gasteiger partial charge is 0.348 e. The number of hydrogen-bond donors (Lipinski definition) is 2. The predicted molar refractivity (Wildman–Crippen MR) is 79.3 cm³/mol. The van der Waals surface area contributed by atoms with Crippen molar-refractivity contribution < 1.29 is 4.79 Å². The van der Waals surface area contributed by atoms with Crippen LogP contribution in [0.5, 0.6) is 0 Å². The number of amides is 1. The third-order valence-corrected chi connectivity index (χ3v) is 4.33. The van der Waals surface area contributed by atoms with Gasteiger partial charge in [0.25, 0.3) is 11.5 Å². The fourth-order valence-corrected chi connectivity index (χ4v) is 3.22. The minimum Gasteiger partial charge on any atom is -0.348 e. The highest BCUT2D eigenvalue weighted by Gasteiger charge is 2.30. The third kappa shape index (κ3) is 1.97. The summed E-state index contributed by atoms with van der Waals surface area (Å²) in [6.07, 6.45) is 1.96. The van der Waals surface area contributed by atoms with Crippen molar-refractivity contribution in [3.05, 3.63) is 51.0 Å². The first-order valence-corrected chi connectivity index (χ1v) is 7.40. The monoisotopic (exact) mass is 299 g/mol. The van der Waals surface area contributed by atoms with E-state index in [2.05, 4.69) is 19.9 Å². The number of carbonyl (C=O) groups excluding carboxylic acids is 1. The van der Waals surface area contributed by atoms with Crippen molar-refractivity contribution in [3.63, 3.8) is 0 Å². The summed E-state index contributed by atoms with van der Waals surface area (Å²) in [6, 6.07) is 1.87. The molecule has 0 aromatic carbocycles. The van der Waals surface area contributed by atoms with Crippen molar-refractivity contribution in [1.29, 1.82) is 0 Å². The van der Waals surface area contributed by atoms with Gasteiger partial charge in [0, 0.05) is 31.5 Å². The maximum atomic E-state index is 12.8. The number of aromatic amines is 1. The number of carbonyl (C=O) groups is 1. The molecule has 0 saturated carbocycles. The van der Waals surface area contributed by atoms with Gasteiger partial charge in [0.15, 0.2) is 0 Å². The van der Waals surface area contributed by atoms with Crippen LogP contribution in [0.2, 0.25) is 0 Å². The molecule has 0 fully saturated rings. The molecule has 7 heteroatoms. The van der Waals surface area contributed by atoms with Crippen molar-refractivity contribution in [2.45, 2.75) is 33.1 Å². The molecule has 0 atom stereocenters. The van der Waals surface area contributed by atoms with Gasteiger partial charge in [0.2, 0.25) is 0 Å². The Balaban J connectivity index is 1.64. The zero-order valence-corrected chi connectivity index (χ0v) is 12.3. The second-order valence-corrected chi connectivity index (χ2v) is 5.78. The Kier molecular flexibility index (Phi) is 2.90. The molecule has 114 valence electrons. The summed E-state index contributed by atoms with van der Waals surface area (Å²) >= 11 is 0. The Labute approximate surface area is 127 Å². The molecule has 2 aliphatic heterocycles. The molecule has 0 unspecified atom stereocenters. The Morgan fingerprint density at radius 3 is 3.09 bits per heavy atom. The van der Waals surface area contributed by atoms with Gasteiger partial charge in [-0.1, -0.05) is 0 Å². The van der Waals surface area contributed by atoms with Crippen molar-refractivity contribution in [2.24, 2.45) is 0 Å². The van der Waals surface area contributed by atoms with E-state index in [1.165, 1.54) is 0 Å². The van der Waals surface area contributed by atoms with Gasteiger partial charge in [-0.15, -0.1) is 0 Å². The number of aryl methyl sites for hydroxylation is 1. The van der Waals surface area contributed by atoms with Gasteiger partial charge >= 0.3 is 0 Å². The Morgan fingerprint density at radius 1 is 1.36 bits per heavy atom. The van der Waals surface area contributed by atoms with E-state index in [0.29, 0.717) is 42.3 Å². The summed E-state index contributed by atoms with van der Waals surface area (Å²) in [5, 5.41) is 3.29. The summed E-state index contributed by atoms with van der Waals surface area (Å²) in [5.74, 6) is 0.552. The summed E-state index contributed by atoms with van der Waals surface area (Å²) in [7, 11) is 0. The van der Waals surface area contributed by atoms with Crippen LogP contribution in [0.1, 0.15) is 33.1 Å². The minimum atomic E-state index is -0.140. The number of H-pyrrole nitrogens is 1. The summed E-state index contributed by atoms with van der Waals surface area (Å²) in [4.78, 5) is 33.5. The molecule has 22 heavy (non-hydrogen) atoms. The lowest BCUT2D eigenvalue weighted by atomic mass is 10.2. The maximum absolute atomic E-state index is 12.8. The van der Waals surface area contributed by atoms with E-state index in [0.717, 1.165) is 18.8 Å². The Hall–Kier alpha value is -2.41. The summed E-state index contributed by atoms with van der Waals surface area (Å²) in [5.41, 5.74) is 2.91.